The van der Waals surface area contributed by atoms with Crippen LogP contribution in [0.1, 0.15) is 50.5 Å². The van der Waals surface area contributed by atoms with E-state index in [0.29, 0.717) is 11.5 Å². The monoisotopic (exact) mass is 306 g/mol. The van der Waals surface area contributed by atoms with E-state index < -0.39 is 0 Å². The average molecular weight is 307 g/mol. The Bertz CT molecular complexity index is 466. The molecule has 118 valence electrons. The van der Waals surface area contributed by atoms with Crippen molar-refractivity contribution >= 4 is 11.3 Å². The van der Waals surface area contributed by atoms with E-state index in [4.69, 9.17) is 0 Å². The van der Waals surface area contributed by atoms with Gasteiger partial charge >= 0.3 is 0 Å². The topological polar surface area (TPSA) is 15.3 Å². The Hall–Kier alpha value is -0.380. The van der Waals surface area contributed by atoms with Crippen molar-refractivity contribution in [1.82, 2.24) is 10.2 Å². The van der Waals surface area contributed by atoms with Crippen LogP contribution in [0.4, 0.5) is 0 Å². The second-order valence-electron chi connectivity index (χ2n) is 7.57. The highest BCUT2D eigenvalue weighted by atomic mass is 32.1. The highest BCUT2D eigenvalue weighted by Gasteiger charge is 2.42. The van der Waals surface area contributed by atoms with Crippen molar-refractivity contribution in [3.63, 3.8) is 0 Å². The van der Waals surface area contributed by atoms with Crippen molar-refractivity contribution in [2.45, 2.75) is 59.0 Å². The Morgan fingerprint density at radius 3 is 3.10 bits per heavy atom. The van der Waals surface area contributed by atoms with Crippen LogP contribution < -0.4 is 5.32 Å². The summed E-state index contributed by atoms with van der Waals surface area (Å²) in [5.74, 6) is 0.826. The van der Waals surface area contributed by atoms with Crippen molar-refractivity contribution in [2.75, 3.05) is 19.6 Å². The standard InChI is InChI=1S/C18H30N2S/c1-4-9-19-17-15(5-8-18(17,2)3)13-20-10-6-16-14(12-20)7-11-21-16/h7,11,15,17,19H,4-6,8-10,12-13H2,1-3H3. The van der Waals surface area contributed by atoms with E-state index in [1.165, 1.54) is 51.9 Å². The molecule has 2 nitrogen and oxygen atoms in total. The lowest BCUT2D eigenvalue weighted by Crippen LogP contribution is -2.46. The third-order valence-electron chi connectivity index (χ3n) is 5.47. The second-order valence-corrected chi connectivity index (χ2v) is 8.57. The Kier molecular flexibility index (Phi) is 4.72. The van der Waals surface area contributed by atoms with Crippen molar-refractivity contribution in [3.05, 3.63) is 21.9 Å². The van der Waals surface area contributed by atoms with Crippen LogP contribution in [-0.4, -0.2) is 30.6 Å². The normalized spacial score (nSPS) is 28.7. The molecule has 3 heteroatoms. The smallest absolute Gasteiger partial charge is 0.0245 e. The SMILES string of the molecule is CCCNC1C(CN2CCc3sccc3C2)CCC1(C)C. The van der Waals surface area contributed by atoms with Gasteiger partial charge in [0.15, 0.2) is 0 Å². The molecule has 2 heterocycles. The fraction of sp³-hybridized carbons (Fsp3) is 0.778. The van der Waals surface area contributed by atoms with Crippen LogP contribution in [0.25, 0.3) is 0 Å². The van der Waals surface area contributed by atoms with Gasteiger partial charge in [0.25, 0.3) is 0 Å². The molecule has 1 fully saturated rings. The largest absolute Gasteiger partial charge is 0.313 e. The zero-order chi connectivity index (χ0) is 14.9. The lowest BCUT2D eigenvalue weighted by atomic mass is 9.84. The summed E-state index contributed by atoms with van der Waals surface area (Å²) in [7, 11) is 0. The molecule has 1 aromatic rings. The van der Waals surface area contributed by atoms with E-state index in [2.05, 4.69) is 42.4 Å². The first-order valence-electron chi connectivity index (χ1n) is 8.61. The van der Waals surface area contributed by atoms with Gasteiger partial charge in [-0.2, -0.15) is 0 Å². The van der Waals surface area contributed by atoms with Crippen LogP contribution in [0.15, 0.2) is 11.4 Å². The maximum absolute atomic E-state index is 3.85. The third kappa shape index (κ3) is 3.35. The van der Waals surface area contributed by atoms with Gasteiger partial charge in [0.1, 0.15) is 0 Å². The van der Waals surface area contributed by atoms with Gasteiger partial charge in [0.2, 0.25) is 0 Å². The Morgan fingerprint density at radius 2 is 2.29 bits per heavy atom. The average Bonchev–Trinajstić information content (AvgIpc) is 3.02. The summed E-state index contributed by atoms with van der Waals surface area (Å²) in [6.07, 6.45) is 5.26. The summed E-state index contributed by atoms with van der Waals surface area (Å²) < 4.78 is 0. The van der Waals surface area contributed by atoms with E-state index in [0.717, 1.165) is 5.92 Å². The molecular formula is C18H30N2S. The molecule has 0 amide bonds. The van der Waals surface area contributed by atoms with E-state index in [-0.39, 0.29) is 0 Å². The summed E-state index contributed by atoms with van der Waals surface area (Å²) in [5.41, 5.74) is 2.05. The van der Waals surface area contributed by atoms with Crippen molar-refractivity contribution in [3.8, 4) is 0 Å². The Balaban J connectivity index is 1.61. The fourth-order valence-electron chi connectivity index (χ4n) is 4.25. The van der Waals surface area contributed by atoms with Crippen LogP contribution >= 0.6 is 11.3 Å². The number of nitrogens with zero attached hydrogens (tertiary/aromatic N) is 1. The predicted octanol–water partition coefficient (Wildman–Crippen LogP) is 3.91. The van der Waals surface area contributed by atoms with Gasteiger partial charge < -0.3 is 5.32 Å². The van der Waals surface area contributed by atoms with Crippen LogP contribution in [0.5, 0.6) is 0 Å². The van der Waals surface area contributed by atoms with E-state index in [1.807, 2.05) is 11.3 Å². The first-order chi connectivity index (χ1) is 10.1. The van der Waals surface area contributed by atoms with Crippen LogP contribution in [0, 0.1) is 11.3 Å². The maximum Gasteiger partial charge on any atom is 0.0245 e. The molecule has 1 N–H and O–H groups in total. The van der Waals surface area contributed by atoms with E-state index >= 15 is 0 Å². The lowest BCUT2D eigenvalue weighted by Gasteiger charge is -2.35. The second kappa shape index (κ2) is 6.39. The summed E-state index contributed by atoms with van der Waals surface area (Å²) in [6, 6.07) is 3.03. The third-order valence-corrected chi connectivity index (χ3v) is 6.49. The van der Waals surface area contributed by atoms with Gasteiger partial charge in [-0.15, -0.1) is 11.3 Å². The predicted molar refractivity (Wildman–Crippen MR) is 91.9 cm³/mol. The number of fused-ring (bicyclic) bond motifs is 1. The highest BCUT2D eigenvalue weighted by Crippen LogP contribution is 2.42. The summed E-state index contributed by atoms with van der Waals surface area (Å²) >= 11 is 1.94. The molecule has 0 bridgehead atoms. The number of hydrogen-bond donors (Lipinski definition) is 1. The lowest BCUT2D eigenvalue weighted by molar-refractivity contribution is 0.174. The molecule has 0 saturated heterocycles. The zero-order valence-corrected chi connectivity index (χ0v) is 14.6. The Morgan fingerprint density at radius 1 is 1.43 bits per heavy atom. The van der Waals surface area contributed by atoms with Gasteiger partial charge in [-0.3, -0.25) is 4.90 Å². The molecule has 0 aromatic carbocycles. The van der Waals surface area contributed by atoms with Gasteiger partial charge in [0.05, 0.1) is 0 Å². The zero-order valence-electron chi connectivity index (χ0n) is 13.8. The quantitative estimate of drug-likeness (QED) is 0.887. The molecule has 21 heavy (non-hydrogen) atoms. The number of hydrogen-bond acceptors (Lipinski definition) is 3. The first kappa shape index (κ1) is 15.5. The summed E-state index contributed by atoms with van der Waals surface area (Å²) in [4.78, 5) is 4.32. The molecule has 2 aliphatic rings. The van der Waals surface area contributed by atoms with Gasteiger partial charge in [-0.1, -0.05) is 20.8 Å². The number of nitrogens with one attached hydrogen (secondary N) is 1. The molecule has 0 spiro atoms. The van der Waals surface area contributed by atoms with Gasteiger partial charge in [-0.25, -0.2) is 0 Å². The molecule has 1 aromatic heterocycles. The van der Waals surface area contributed by atoms with Crippen molar-refractivity contribution in [2.24, 2.45) is 11.3 Å². The molecule has 2 atom stereocenters. The number of rotatable bonds is 5. The molecule has 3 rings (SSSR count). The van der Waals surface area contributed by atoms with Crippen molar-refractivity contribution in [1.29, 1.82) is 0 Å². The minimum absolute atomic E-state index is 0.461. The molecular weight excluding hydrogens is 276 g/mol. The van der Waals surface area contributed by atoms with Crippen LogP contribution in [0.3, 0.4) is 0 Å². The first-order valence-corrected chi connectivity index (χ1v) is 9.49. The van der Waals surface area contributed by atoms with Gasteiger partial charge in [0, 0.05) is 30.6 Å². The van der Waals surface area contributed by atoms with E-state index in [1.54, 1.807) is 10.4 Å². The minimum Gasteiger partial charge on any atom is -0.313 e. The minimum atomic E-state index is 0.461. The molecule has 2 unspecified atom stereocenters. The van der Waals surface area contributed by atoms with Gasteiger partial charge in [-0.05, 0) is 60.6 Å². The van der Waals surface area contributed by atoms with Crippen molar-refractivity contribution < 1.29 is 0 Å². The van der Waals surface area contributed by atoms with Crippen LogP contribution in [-0.2, 0) is 13.0 Å². The molecule has 1 aliphatic carbocycles. The molecule has 1 saturated carbocycles. The summed E-state index contributed by atoms with van der Waals surface area (Å²) in [6.45, 7) is 12.0. The van der Waals surface area contributed by atoms with Crippen LogP contribution in [0.2, 0.25) is 0 Å². The fourth-order valence-corrected chi connectivity index (χ4v) is 5.14. The molecule has 1 aliphatic heterocycles. The highest BCUT2D eigenvalue weighted by molar-refractivity contribution is 7.10. The van der Waals surface area contributed by atoms with E-state index in [9.17, 15) is 0 Å². The summed E-state index contributed by atoms with van der Waals surface area (Å²) in [5, 5.41) is 6.11. The Labute approximate surface area is 133 Å². The molecule has 0 radical (unpaired) electrons. The maximum atomic E-state index is 3.85. The number of thiophene rings is 1.